The van der Waals surface area contributed by atoms with Crippen LogP contribution in [0.1, 0.15) is 25.2 Å². The molecule has 1 amide bonds. The standard InChI is InChI=1S/C11H15N3O3/c1-3-14-8(15)6-7(11(16)17)9(14)10-12-4-5-13(10)2/h4-5,7,9H,3,6H2,1-2H3,(H,16,17)/t7-,9+/m1/s1. The van der Waals surface area contributed by atoms with Crippen LogP contribution in [0, 0.1) is 5.92 Å². The van der Waals surface area contributed by atoms with E-state index in [4.69, 9.17) is 0 Å². The van der Waals surface area contributed by atoms with Gasteiger partial charge in [-0.05, 0) is 6.92 Å². The summed E-state index contributed by atoms with van der Waals surface area (Å²) >= 11 is 0. The number of aryl methyl sites for hydroxylation is 1. The molecular formula is C11H15N3O3. The second kappa shape index (κ2) is 4.20. The Morgan fingerprint density at radius 1 is 1.65 bits per heavy atom. The predicted molar refractivity (Wildman–Crippen MR) is 59.1 cm³/mol. The molecule has 1 aromatic rings. The molecular weight excluding hydrogens is 222 g/mol. The van der Waals surface area contributed by atoms with Gasteiger partial charge in [0, 0.05) is 32.4 Å². The molecule has 0 bridgehead atoms. The zero-order chi connectivity index (χ0) is 12.6. The maximum Gasteiger partial charge on any atom is 0.309 e. The minimum absolute atomic E-state index is 0.0563. The highest BCUT2D eigenvalue weighted by molar-refractivity contribution is 5.87. The van der Waals surface area contributed by atoms with Crippen molar-refractivity contribution in [3.05, 3.63) is 18.2 Å². The summed E-state index contributed by atoms with van der Waals surface area (Å²) in [7, 11) is 1.80. The van der Waals surface area contributed by atoms with Crippen LogP contribution in [-0.4, -0.2) is 38.0 Å². The Balaban J connectivity index is 2.42. The van der Waals surface area contributed by atoms with Crippen molar-refractivity contribution in [1.82, 2.24) is 14.5 Å². The SMILES string of the molecule is CCN1C(=O)C[C@@H](C(=O)O)[C@H]1c1nccn1C. The molecule has 6 nitrogen and oxygen atoms in total. The van der Waals surface area contributed by atoms with Crippen molar-refractivity contribution in [2.75, 3.05) is 6.54 Å². The first kappa shape index (κ1) is 11.6. The van der Waals surface area contributed by atoms with Gasteiger partial charge in [0.1, 0.15) is 11.9 Å². The first-order chi connectivity index (χ1) is 8.06. The molecule has 0 aliphatic carbocycles. The van der Waals surface area contributed by atoms with Crippen molar-refractivity contribution in [2.45, 2.75) is 19.4 Å². The number of aliphatic carboxylic acids is 1. The van der Waals surface area contributed by atoms with E-state index in [1.54, 1.807) is 28.9 Å². The number of likely N-dealkylation sites (tertiary alicyclic amines) is 1. The van der Waals surface area contributed by atoms with Crippen molar-refractivity contribution >= 4 is 11.9 Å². The van der Waals surface area contributed by atoms with Crippen molar-refractivity contribution < 1.29 is 14.7 Å². The van der Waals surface area contributed by atoms with Gasteiger partial charge in [0.05, 0.1) is 5.92 Å². The summed E-state index contributed by atoms with van der Waals surface area (Å²) in [5.74, 6) is -1.14. The minimum atomic E-state index is -0.942. The molecule has 2 heterocycles. The summed E-state index contributed by atoms with van der Waals surface area (Å²) < 4.78 is 1.77. The van der Waals surface area contributed by atoms with Crippen LogP contribution in [0.25, 0.3) is 0 Å². The Hall–Kier alpha value is -1.85. The molecule has 2 atom stereocenters. The molecule has 6 heteroatoms. The van der Waals surface area contributed by atoms with Gasteiger partial charge in [-0.3, -0.25) is 9.59 Å². The topological polar surface area (TPSA) is 75.4 Å². The van der Waals surface area contributed by atoms with E-state index in [-0.39, 0.29) is 12.3 Å². The fourth-order valence-electron chi connectivity index (χ4n) is 2.37. The summed E-state index contributed by atoms with van der Waals surface area (Å²) in [5, 5.41) is 9.19. The predicted octanol–water partition coefficient (Wildman–Crippen LogP) is 0.414. The molecule has 0 radical (unpaired) electrons. The van der Waals surface area contributed by atoms with Crippen LogP contribution in [0.2, 0.25) is 0 Å². The van der Waals surface area contributed by atoms with E-state index in [1.807, 2.05) is 6.92 Å². The average molecular weight is 237 g/mol. The largest absolute Gasteiger partial charge is 0.481 e. The van der Waals surface area contributed by atoms with Crippen molar-refractivity contribution in [2.24, 2.45) is 13.0 Å². The van der Waals surface area contributed by atoms with Crippen LogP contribution in [0.3, 0.4) is 0 Å². The van der Waals surface area contributed by atoms with Crippen LogP contribution in [0.5, 0.6) is 0 Å². The Morgan fingerprint density at radius 3 is 2.82 bits per heavy atom. The average Bonchev–Trinajstić information content (AvgIpc) is 2.81. The summed E-state index contributed by atoms with van der Waals surface area (Å²) in [4.78, 5) is 28.7. The molecule has 17 heavy (non-hydrogen) atoms. The lowest BCUT2D eigenvalue weighted by molar-refractivity contribution is -0.142. The minimum Gasteiger partial charge on any atom is -0.481 e. The summed E-state index contributed by atoms with van der Waals surface area (Å²) in [5.41, 5.74) is 0. The number of aromatic nitrogens is 2. The van der Waals surface area contributed by atoms with E-state index in [9.17, 15) is 14.7 Å². The van der Waals surface area contributed by atoms with Crippen LogP contribution >= 0.6 is 0 Å². The first-order valence-corrected chi connectivity index (χ1v) is 5.55. The van der Waals surface area contributed by atoms with Crippen LogP contribution in [-0.2, 0) is 16.6 Å². The van der Waals surface area contributed by atoms with Gasteiger partial charge in [-0.1, -0.05) is 0 Å². The molecule has 0 spiro atoms. The van der Waals surface area contributed by atoms with Gasteiger partial charge >= 0.3 is 5.97 Å². The Morgan fingerprint density at radius 2 is 2.35 bits per heavy atom. The third kappa shape index (κ3) is 1.79. The highest BCUT2D eigenvalue weighted by atomic mass is 16.4. The Labute approximate surface area is 98.9 Å². The van der Waals surface area contributed by atoms with Gasteiger partial charge in [-0.2, -0.15) is 0 Å². The number of hydrogen-bond donors (Lipinski definition) is 1. The van der Waals surface area contributed by atoms with E-state index in [0.29, 0.717) is 12.4 Å². The normalized spacial score (nSPS) is 24.4. The molecule has 0 aromatic carbocycles. The number of hydrogen-bond acceptors (Lipinski definition) is 3. The Bertz CT molecular complexity index is 455. The maximum atomic E-state index is 11.8. The lowest BCUT2D eigenvalue weighted by Crippen LogP contribution is -2.32. The molecule has 0 unspecified atom stereocenters. The zero-order valence-electron chi connectivity index (χ0n) is 9.83. The molecule has 1 aliphatic heterocycles. The summed E-state index contributed by atoms with van der Waals surface area (Å²) in [6.07, 6.45) is 3.43. The van der Waals surface area contributed by atoms with Crippen LogP contribution in [0.15, 0.2) is 12.4 Å². The molecule has 1 N–H and O–H groups in total. The van der Waals surface area contributed by atoms with Crippen molar-refractivity contribution in [3.63, 3.8) is 0 Å². The summed E-state index contributed by atoms with van der Waals surface area (Å²) in [6.45, 7) is 2.35. The number of nitrogens with zero attached hydrogens (tertiary/aromatic N) is 3. The fourth-order valence-corrected chi connectivity index (χ4v) is 2.37. The summed E-state index contributed by atoms with van der Waals surface area (Å²) in [6, 6.07) is -0.454. The number of rotatable bonds is 3. The van der Waals surface area contributed by atoms with Gasteiger partial charge in [0.2, 0.25) is 5.91 Å². The molecule has 1 fully saturated rings. The van der Waals surface area contributed by atoms with Gasteiger partial charge < -0.3 is 14.6 Å². The van der Waals surface area contributed by atoms with Crippen LogP contribution < -0.4 is 0 Å². The lowest BCUT2D eigenvalue weighted by atomic mass is 10.00. The second-order valence-corrected chi connectivity index (χ2v) is 4.17. The van der Waals surface area contributed by atoms with E-state index < -0.39 is 17.9 Å². The van der Waals surface area contributed by atoms with E-state index in [0.717, 1.165) is 0 Å². The zero-order valence-corrected chi connectivity index (χ0v) is 9.83. The number of carboxylic acid groups (broad SMARTS) is 1. The molecule has 1 saturated heterocycles. The molecule has 1 aliphatic rings. The molecule has 1 aromatic heterocycles. The van der Waals surface area contributed by atoms with Crippen molar-refractivity contribution in [1.29, 1.82) is 0 Å². The highest BCUT2D eigenvalue weighted by Gasteiger charge is 2.45. The highest BCUT2D eigenvalue weighted by Crippen LogP contribution is 2.36. The fraction of sp³-hybridized carbons (Fsp3) is 0.545. The first-order valence-electron chi connectivity index (χ1n) is 5.55. The van der Waals surface area contributed by atoms with E-state index in [2.05, 4.69) is 4.98 Å². The molecule has 0 saturated carbocycles. The van der Waals surface area contributed by atoms with Gasteiger partial charge in [-0.25, -0.2) is 4.98 Å². The molecule has 2 rings (SSSR count). The van der Waals surface area contributed by atoms with E-state index >= 15 is 0 Å². The monoisotopic (exact) mass is 237 g/mol. The quantitative estimate of drug-likeness (QED) is 0.826. The third-order valence-electron chi connectivity index (χ3n) is 3.21. The number of carbonyl (C=O) groups excluding carboxylic acids is 1. The number of amides is 1. The van der Waals surface area contributed by atoms with Gasteiger partial charge in [0.15, 0.2) is 0 Å². The Kier molecular flexibility index (Phi) is 2.87. The van der Waals surface area contributed by atoms with Gasteiger partial charge in [0.25, 0.3) is 0 Å². The smallest absolute Gasteiger partial charge is 0.309 e. The van der Waals surface area contributed by atoms with Crippen LogP contribution in [0.4, 0.5) is 0 Å². The molecule has 92 valence electrons. The van der Waals surface area contributed by atoms with E-state index in [1.165, 1.54) is 0 Å². The van der Waals surface area contributed by atoms with Crippen molar-refractivity contribution in [3.8, 4) is 0 Å². The number of carboxylic acids is 1. The second-order valence-electron chi connectivity index (χ2n) is 4.17. The maximum absolute atomic E-state index is 11.8. The van der Waals surface area contributed by atoms with Gasteiger partial charge in [-0.15, -0.1) is 0 Å². The lowest BCUT2D eigenvalue weighted by Gasteiger charge is -2.25. The number of carbonyl (C=O) groups is 2. The third-order valence-corrected chi connectivity index (χ3v) is 3.21. The number of imidazole rings is 1.